The molecule has 2 aromatic rings. The molecule has 7 nitrogen and oxygen atoms in total. The molecule has 8 heteroatoms. The molecule has 1 aromatic carbocycles. The van der Waals surface area contributed by atoms with Crippen LogP contribution in [0.5, 0.6) is 0 Å². The lowest BCUT2D eigenvalue weighted by Gasteiger charge is -2.38. The fraction of sp³-hybridized carbons (Fsp3) is 0.360. The number of allylic oxidation sites excluding steroid dienone is 1. The molecule has 1 aromatic heterocycles. The first kappa shape index (κ1) is 23.0. The van der Waals surface area contributed by atoms with Crippen molar-refractivity contribution in [2.45, 2.75) is 37.2 Å². The van der Waals surface area contributed by atoms with Gasteiger partial charge in [-0.05, 0) is 56.0 Å². The Hall–Kier alpha value is -3.13. The van der Waals surface area contributed by atoms with E-state index in [-0.39, 0.29) is 29.8 Å². The third-order valence-corrected chi connectivity index (χ3v) is 7.40. The third kappa shape index (κ3) is 3.72. The highest BCUT2D eigenvalue weighted by molar-refractivity contribution is 7.98. The van der Waals surface area contributed by atoms with Crippen molar-refractivity contribution in [2.24, 2.45) is 10.9 Å². The first-order chi connectivity index (χ1) is 15.8. The van der Waals surface area contributed by atoms with Gasteiger partial charge in [0.1, 0.15) is 11.9 Å². The number of aliphatic imine (C=N–C) groups is 1. The van der Waals surface area contributed by atoms with Gasteiger partial charge in [0, 0.05) is 25.2 Å². The molecular formula is C25H29N5O2S. The van der Waals surface area contributed by atoms with E-state index in [1.165, 1.54) is 0 Å². The zero-order valence-corrected chi connectivity index (χ0v) is 20.5. The number of likely N-dealkylation sites (N-methyl/N-ethyl adjacent to an activating group) is 2. The lowest BCUT2D eigenvalue weighted by atomic mass is 9.91. The highest BCUT2D eigenvalue weighted by Gasteiger charge is 2.43. The molecule has 172 valence electrons. The largest absolute Gasteiger partial charge is 0.346 e. The Balaban J connectivity index is 1.83. The number of anilines is 3. The minimum atomic E-state index is -0.328. The second kappa shape index (κ2) is 9.02. The van der Waals surface area contributed by atoms with Gasteiger partial charge in [0.25, 0.3) is 5.91 Å². The predicted octanol–water partition coefficient (Wildman–Crippen LogP) is 4.55. The maximum Gasteiger partial charge on any atom is 0.261 e. The molecule has 0 N–H and O–H groups in total. The van der Waals surface area contributed by atoms with Crippen LogP contribution in [-0.4, -0.2) is 49.9 Å². The molecule has 2 unspecified atom stereocenters. The van der Waals surface area contributed by atoms with Gasteiger partial charge >= 0.3 is 0 Å². The second-order valence-electron chi connectivity index (χ2n) is 8.52. The fourth-order valence-corrected chi connectivity index (χ4v) is 5.32. The van der Waals surface area contributed by atoms with E-state index in [0.717, 1.165) is 28.1 Å². The van der Waals surface area contributed by atoms with E-state index >= 15 is 0 Å². The van der Waals surface area contributed by atoms with Gasteiger partial charge in [-0.1, -0.05) is 25.1 Å². The van der Waals surface area contributed by atoms with Crippen LogP contribution in [0.1, 0.15) is 42.2 Å². The summed E-state index contributed by atoms with van der Waals surface area (Å²) >= 11 is 1.58. The number of fused-ring (bicyclic) bond motifs is 2. The summed E-state index contributed by atoms with van der Waals surface area (Å²) < 4.78 is 0. The fourth-order valence-electron chi connectivity index (χ4n) is 4.70. The monoisotopic (exact) mass is 463 g/mol. The number of aromatic nitrogens is 1. The maximum atomic E-state index is 13.8. The van der Waals surface area contributed by atoms with Crippen molar-refractivity contribution in [3.63, 3.8) is 0 Å². The van der Waals surface area contributed by atoms with Crippen molar-refractivity contribution in [3.05, 3.63) is 53.7 Å². The Morgan fingerprint density at radius 2 is 2.00 bits per heavy atom. The lowest BCUT2D eigenvalue weighted by Crippen LogP contribution is -2.49. The molecule has 0 bridgehead atoms. The Morgan fingerprint density at radius 3 is 2.70 bits per heavy atom. The zero-order valence-electron chi connectivity index (χ0n) is 19.6. The standard InChI is InChI=1S/C25H29N5O2S/c1-15(9-8-14-26-3)22-17-10-7-11-19(33-6)21(17)25(32)30(22)20-13-12-18-23(27-20)28(4)16(2)24(31)29(18)5/h7-8,10-16,22H,3,9H2,1-2,4-6H3/b14-8-/t15?,16-,22?/m1/s1. The molecule has 0 radical (unpaired) electrons. The summed E-state index contributed by atoms with van der Waals surface area (Å²) in [5.74, 6) is 1.39. The second-order valence-corrected chi connectivity index (χ2v) is 9.37. The first-order valence-electron chi connectivity index (χ1n) is 10.9. The number of hydrogen-bond acceptors (Lipinski definition) is 6. The Labute approximate surface area is 199 Å². The van der Waals surface area contributed by atoms with E-state index in [1.807, 2.05) is 66.4 Å². The molecule has 2 amide bonds. The first-order valence-corrected chi connectivity index (χ1v) is 12.2. The van der Waals surface area contributed by atoms with Crippen molar-refractivity contribution in [2.75, 3.05) is 35.1 Å². The van der Waals surface area contributed by atoms with Gasteiger partial charge in [-0.15, -0.1) is 11.8 Å². The molecule has 2 aliphatic heterocycles. The van der Waals surface area contributed by atoms with E-state index < -0.39 is 0 Å². The summed E-state index contributed by atoms with van der Waals surface area (Å²) in [5, 5.41) is 0. The van der Waals surface area contributed by atoms with Crippen molar-refractivity contribution in [3.8, 4) is 0 Å². The maximum absolute atomic E-state index is 13.8. The van der Waals surface area contributed by atoms with Crippen LogP contribution in [0.15, 0.2) is 52.5 Å². The number of pyridine rings is 1. The molecule has 4 rings (SSSR count). The number of thioether (sulfide) groups is 1. The molecule has 0 spiro atoms. The van der Waals surface area contributed by atoms with Crippen molar-refractivity contribution >= 4 is 47.6 Å². The van der Waals surface area contributed by atoms with E-state index in [9.17, 15) is 9.59 Å². The number of nitrogens with zero attached hydrogens (tertiary/aromatic N) is 5. The minimum Gasteiger partial charge on any atom is -0.346 e. The number of benzene rings is 1. The van der Waals surface area contributed by atoms with Crippen LogP contribution >= 0.6 is 11.8 Å². The van der Waals surface area contributed by atoms with E-state index in [4.69, 9.17) is 4.98 Å². The summed E-state index contributed by atoms with van der Waals surface area (Å²) in [5.41, 5.74) is 2.51. The molecule has 33 heavy (non-hydrogen) atoms. The average Bonchev–Trinajstić information content (AvgIpc) is 3.13. The summed E-state index contributed by atoms with van der Waals surface area (Å²) in [6, 6.07) is 9.28. The molecule has 2 aliphatic rings. The van der Waals surface area contributed by atoms with Gasteiger partial charge in [-0.3, -0.25) is 19.5 Å². The van der Waals surface area contributed by atoms with E-state index in [2.05, 4.69) is 18.6 Å². The van der Waals surface area contributed by atoms with Crippen molar-refractivity contribution in [1.29, 1.82) is 0 Å². The van der Waals surface area contributed by atoms with Crippen LogP contribution in [0.2, 0.25) is 0 Å². The van der Waals surface area contributed by atoms with Crippen LogP contribution < -0.4 is 14.7 Å². The van der Waals surface area contributed by atoms with Crippen molar-refractivity contribution in [1.82, 2.24) is 4.98 Å². The molecular weight excluding hydrogens is 434 g/mol. The smallest absolute Gasteiger partial charge is 0.261 e. The number of hydrogen-bond donors (Lipinski definition) is 0. The van der Waals surface area contributed by atoms with Crippen molar-refractivity contribution < 1.29 is 9.59 Å². The van der Waals surface area contributed by atoms with Crippen LogP contribution in [0.4, 0.5) is 17.3 Å². The molecule has 3 atom stereocenters. The van der Waals surface area contributed by atoms with Crippen LogP contribution in [0.25, 0.3) is 0 Å². The van der Waals surface area contributed by atoms with Gasteiger partial charge in [0.2, 0.25) is 5.91 Å². The minimum absolute atomic E-state index is 0.0166. The summed E-state index contributed by atoms with van der Waals surface area (Å²) in [4.78, 5) is 41.4. The Morgan fingerprint density at radius 1 is 1.24 bits per heavy atom. The molecule has 0 saturated heterocycles. The van der Waals surface area contributed by atoms with E-state index in [0.29, 0.717) is 11.6 Å². The number of carbonyl (C=O) groups is 2. The van der Waals surface area contributed by atoms with Gasteiger partial charge < -0.3 is 9.80 Å². The Bertz CT molecular complexity index is 1150. The normalized spacial score (nSPS) is 20.9. The topological polar surface area (TPSA) is 69.1 Å². The zero-order chi connectivity index (χ0) is 23.9. The summed E-state index contributed by atoms with van der Waals surface area (Å²) in [6.45, 7) is 7.51. The summed E-state index contributed by atoms with van der Waals surface area (Å²) in [7, 11) is 3.63. The molecule has 3 heterocycles. The molecule has 0 fully saturated rings. The van der Waals surface area contributed by atoms with Crippen LogP contribution in [0, 0.1) is 5.92 Å². The molecule has 0 aliphatic carbocycles. The number of rotatable bonds is 6. The van der Waals surface area contributed by atoms with Gasteiger partial charge in [-0.25, -0.2) is 4.98 Å². The molecule has 0 saturated carbocycles. The average molecular weight is 464 g/mol. The third-order valence-electron chi connectivity index (χ3n) is 6.62. The van der Waals surface area contributed by atoms with E-state index in [1.54, 1.807) is 29.9 Å². The summed E-state index contributed by atoms with van der Waals surface area (Å²) in [6.07, 6.45) is 6.41. The number of amides is 2. The number of carbonyl (C=O) groups excluding carboxylic acids is 2. The van der Waals surface area contributed by atoms with Gasteiger partial charge in [0.05, 0.1) is 17.3 Å². The van der Waals surface area contributed by atoms with Crippen LogP contribution in [0.3, 0.4) is 0 Å². The Kier molecular flexibility index (Phi) is 6.30. The quantitative estimate of drug-likeness (QED) is 0.464. The van der Waals surface area contributed by atoms with Gasteiger partial charge in [0.15, 0.2) is 5.82 Å². The lowest BCUT2D eigenvalue weighted by molar-refractivity contribution is -0.119. The highest BCUT2D eigenvalue weighted by Crippen LogP contribution is 2.46. The van der Waals surface area contributed by atoms with Crippen LogP contribution in [-0.2, 0) is 4.79 Å². The SMILES string of the molecule is C=N/C=C\CC(C)C1c2cccc(SC)c2C(=O)N1c1ccc2c(n1)N(C)[C@H](C)C(=O)N2C. The highest BCUT2D eigenvalue weighted by atomic mass is 32.2. The van der Waals surface area contributed by atoms with Gasteiger partial charge in [-0.2, -0.15) is 0 Å². The predicted molar refractivity (Wildman–Crippen MR) is 136 cm³/mol.